The van der Waals surface area contributed by atoms with Gasteiger partial charge in [0, 0.05) is 26.3 Å². The van der Waals surface area contributed by atoms with E-state index < -0.39 is 6.04 Å². The summed E-state index contributed by atoms with van der Waals surface area (Å²) in [7, 11) is 4.72. The summed E-state index contributed by atoms with van der Waals surface area (Å²) < 4.78 is 15.5. The Bertz CT molecular complexity index is 625. The molecule has 2 atom stereocenters. The van der Waals surface area contributed by atoms with Gasteiger partial charge in [-0.2, -0.15) is 0 Å². The molecule has 0 saturated carbocycles. The van der Waals surface area contributed by atoms with Crippen LogP contribution in [0.25, 0.3) is 0 Å². The van der Waals surface area contributed by atoms with Gasteiger partial charge in [-0.3, -0.25) is 9.59 Å². The maximum absolute atomic E-state index is 12.4. The molecule has 1 saturated heterocycles. The number of nitrogens with zero attached hydrogens (tertiary/aromatic N) is 1. The second-order valence-corrected chi connectivity index (χ2v) is 6.64. The fraction of sp³-hybridized carbons (Fsp3) is 0.529. The number of nitrogens with one attached hydrogen (secondary N) is 1. The third kappa shape index (κ3) is 4.38. The Morgan fingerprint density at radius 3 is 2.56 bits per heavy atom. The monoisotopic (exact) mass is 368 g/mol. The average molecular weight is 368 g/mol. The van der Waals surface area contributed by atoms with Crippen molar-refractivity contribution < 1.29 is 23.8 Å². The first-order valence-electron chi connectivity index (χ1n) is 7.92. The van der Waals surface area contributed by atoms with Crippen molar-refractivity contribution in [3.05, 3.63) is 23.8 Å². The highest BCUT2D eigenvalue weighted by Crippen LogP contribution is 2.43. The van der Waals surface area contributed by atoms with Crippen molar-refractivity contribution in [3.8, 4) is 11.5 Å². The van der Waals surface area contributed by atoms with Crippen LogP contribution >= 0.6 is 11.8 Å². The smallest absolute Gasteiger partial charge is 0.243 e. The van der Waals surface area contributed by atoms with E-state index in [9.17, 15) is 9.59 Å². The van der Waals surface area contributed by atoms with Crippen LogP contribution in [-0.2, 0) is 14.3 Å². The zero-order valence-electron chi connectivity index (χ0n) is 14.9. The minimum absolute atomic E-state index is 0.142. The number of rotatable bonds is 7. The van der Waals surface area contributed by atoms with Crippen LogP contribution in [0.1, 0.15) is 17.9 Å². The van der Waals surface area contributed by atoms with Crippen LogP contribution in [0.4, 0.5) is 0 Å². The van der Waals surface area contributed by atoms with Crippen LogP contribution in [0.5, 0.6) is 11.5 Å². The van der Waals surface area contributed by atoms with E-state index in [0.29, 0.717) is 30.4 Å². The van der Waals surface area contributed by atoms with Gasteiger partial charge in [-0.15, -0.1) is 11.8 Å². The van der Waals surface area contributed by atoms with Crippen molar-refractivity contribution in [3.63, 3.8) is 0 Å². The number of amides is 2. The Hall–Kier alpha value is -1.93. The zero-order chi connectivity index (χ0) is 18.4. The van der Waals surface area contributed by atoms with Gasteiger partial charge in [-0.1, -0.05) is 6.07 Å². The molecule has 1 aromatic rings. The number of hydrogen-bond donors (Lipinski definition) is 1. The molecule has 1 aliphatic rings. The van der Waals surface area contributed by atoms with Gasteiger partial charge in [0.15, 0.2) is 11.5 Å². The summed E-state index contributed by atoms with van der Waals surface area (Å²) in [6.07, 6.45) is 0. The molecule has 1 fully saturated rings. The summed E-state index contributed by atoms with van der Waals surface area (Å²) in [5.41, 5.74) is 0.894. The van der Waals surface area contributed by atoms with Crippen molar-refractivity contribution in [2.75, 3.05) is 40.2 Å². The summed E-state index contributed by atoms with van der Waals surface area (Å²) in [4.78, 5) is 26.2. The first kappa shape index (κ1) is 19.4. The molecule has 1 aliphatic heterocycles. The molecule has 1 aromatic carbocycles. The SMILES string of the molecule is COCCNC(=O)[C@H]1CS[C@@H](c2ccc(OC)c(OC)c2)N1C(C)=O. The molecule has 0 unspecified atom stereocenters. The summed E-state index contributed by atoms with van der Waals surface area (Å²) in [5, 5.41) is 2.57. The van der Waals surface area contributed by atoms with Crippen LogP contribution in [0.2, 0.25) is 0 Å². The standard InChI is InChI=1S/C17H24N2O5S/c1-11(20)19-13(16(21)18-7-8-22-2)10-25-17(19)12-5-6-14(23-3)15(9-12)24-4/h5-6,9,13,17H,7-8,10H2,1-4H3,(H,18,21)/t13-,17+/m1/s1. The number of methoxy groups -OCH3 is 3. The molecule has 1 heterocycles. The van der Waals surface area contributed by atoms with Crippen LogP contribution < -0.4 is 14.8 Å². The van der Waals surface area contributed by atoms with Crippen molar-refractivity contribution in [2.45, 2.75) is 18.3 Å². The lowest BCUT2D eigenvalue weighted by Gasteiger charge is -2.28. The number of thioether (sulfide) groups is 1. The highest BCUT2D eigenvalue weighted by molar-refractivity contribution is 7.99. The highest BCUT2D eigenvalue weighted by atomic mass is 32.2. The second-order valence-electron chi connectivity index (χ2n) is 5.53. The van der Waals surface area contributed by atoms with Gasteiger partial charge in [0.1, 0.15) is 11.4 Å². The van der Waals surface area contributed by atoms with Crippen LogP contribution in [0.15, 0.2) is 18.2 Å². The molecule has 0 radical (unpaired) electrons. The van der Waals surface area contributed by atoms with Gasteiger partial charge >= 0.3 is 0 Å². The molecule has 8 heteroatoms. The van der Waals surface area contributed by atoms with Crippen molar-refractivity contribution in [1.29, 1.82) is 0 Å². The third-order valence-electron chi connectivity index (χ3n) is 3.96. The zero-order valence-corrected chi connectivity index (χ0v) is 15.7. The van der Waals surface area contributed by atoms with Crippen LogP contribution in [0, 0.1) is 0 Å². The van der Waals surface area contributed by atoms with E-state index in [4.69, 9.17) is 14.2 Å². The maximum Gasteiger partial charge on any atom is 0.243 e. The molecule has 2 amide bonds. The fourth-order valence-electron chi connectivity index (χ4n) is 2.75. The van der Waals surface area contributed by atoms with E-state index in [2.05, 4.69) is 5.32 Å². The fourth-order valence-corrected chi connectivity index (χ4v) is 4.22. The van der Waals surface area contributed by atoms with Gasteiger partial charge in [0.2, 0.25) is 11.8 Å². The Morgan fingerprint density at radius 2 is 1.96 bits per heavy atom. The van der Waals surface area contributed by atoms with Gasteiger partial charge < -0.3 is 24.4 Å². The summed E-state index contributed by atoms with van der Waals surface area (Å²) in [6, 6.07) is 5.04. The van der Waals surface area contributed by atoms with Crippen LogP contribution in [0.3, 0.4) is 0 Å². The largest absolute Gasteiger partial charge is 0.493 e. The van der Waals surface area contributed by atoms with E-state index in [-0.39, 0.29) is 17.2 Å². The number of hydrogen-bond acceptors (Lipinski definition) is 6. The summed E-state index contributed by atoms with van der Waals surface area (Å²) >= 11 is 1.56. The predicted molar refractivity (Wildman–Crippen MR) is 95.9 cm³/mol. The molecule has 138 valence electrons. The minimum atomic E-state index is -0.502. The lowest BCUT2D eigenvalue weighted by molar-refractivity contribution is -0.138. The minimum Gasteiger partial charge on any atom is -0.493 e. The molecule has 25 heavy (non-hydrogen) atoms. The number of ether oxygens (including phenoxy) is 3. The maximum atomic E-state index is 12.4. The van der Waals surface area contributed by atoms with Gasteiger partial charge in [0.05, 0.1) is 20.8 Å². The van der Waals surface area contributed by atoms with Crippen LogP contribution in [-0.4, -0.2) is 63.0 Å². The first-order chi connectivity index (χ1) is 12.0. The molecule has 1 N–H and O–H groups in total. The summed E-state index contributed by atoms with van der Waals surface area (Å²) in [6.45, 7) is 2.34. The lowest BCUT2D eigenvalue weighted by atomic mass is 10.1. The van der Waals surface area contributed by atoms with Gasteiger partial charge in [0.25, 0.3) is 0 Å². The van der Waals surface area contributed by atoms with E-state index in [0.717, 1.165) is 5.56 Å². The Kier molecular flexibility index (Phi) is 6.95. The first-order valence-corrected chi connectivity index (χ1v) is 8.97. The number of benzene rings is 1. The van der Waals surface area contributed by atoms with E-state index >= 15 is 0 Å². The lowest BCUT2D eigenvalue weighted by Crippen LogP contribution is -2.47. The molecule has 7 nitrogen and oxygen atoms in total. The molecule has 0 aliphatic carbocycles. The quantitative estimate of drug-likeness (QED) is 0.734. The second kappa shape index (κ2) is 8.96. The Balaban J connectivity index is 2.21. The van der Waals surface area contributed by atoms with Crippen molar-refractivity contribution >= 4 is 23.6 Å². The highest BCUT2D eigenvalue weighted by Gasteiger charge is 2.41. The molecule has 0 bridgehead atoms. The van der Waals surface area contributed by atoms with E-state index in [1.54, 1.807) is 44.1 Å². The molecular weight excluding hydrogens is 344 g/mol. The van der Waals surface area contributed by atoms with Gasteiger partial charge in [-0.25, -0.2) is 0 Å². The van der Waals surface area contributed by atoms with Crippen molar-refractivity contribution in [2.24, 2.45) is 0 Å². The molecule has 0 aromatic heterocycles. The topological polar surface area (TPSA) is 77.1 Å². The Morgan fingerprint density at radius 1 is 1.24 bits per heavy atom. The Labute approximate surface area is 152 Å². The van der Waals surface area contributed by atoms with E-state index in [1.165, 1.54) is 6.92 Å². The third-order valence-corrected chi connectivity index (χ3v) is 5.29. The molecular formula is C17H24N2O5S. The average Bonchev–Trinajstić information content (AvgIpc) is 3.06. The summed E-state index contributed by atoms with van der Waals surface area (Å²) in [5.74, 6) is 1.45. The van der Waals surface area contributed by atoms with Gasteiger partial charge in [-0.05, 0) is 17.7 Å². The van der Waals surface area contributed by atoms with E-state index in [1.807, 2.05) is 12.1 Å². The number of carbonyl (C=O) groups excluding carboxylic acids is 2. The normalized spacial score (nSPS) is 19.6. The predicted octanol–water partition coefficient (Wildman–Crippen LogP) is 1.43. The molecule has 2 rings (SSSR count). The van der Waals surface area contributed by atoms with Crippen molar-refractivity contribution in [1.82, 2.24) is 10.2 Å². The molecule has 0 spiro atoms. The number of carbonyl (C=O) groups is 2.